The van der Waals surface area contributed by atoms with Crippen LogP contribution >= 0.6 is 15.9 Å². The SMILES string of the molecule is COc1cccc2c1CN(c1cccc(Br)c1C)C=N2. The van der Waals surface area contributed by atoms with Crippen molar-refractivity contribution >= 4 is 33.6 Å². The van der Waals surface area contributed by atoms with Crippen molar-refractivity contribution in [1.82, 2.24) is 0 Å². The van der Waals surface area contributed by atoms with Crippen LogP contribution in [0.2, 0.25) is 0 Å². The second kappa shape index (κ2) is 5.29. The molecule has 3 nitrogen and oxygen atoms in total. The molecule has 1 aliphatic heterocycles. The fourth-order valence-corrected chi connectivity index (χ4v) is 2.78. The Morgan fingerprint density at radius 3 is 2.80 bits per heavy atom. The first-order valence-corrected chi connectivity index (χ1v) is 7.22. The Bertz CT molecular complexity index is 682. The van der Waals surface area contributed by atoms with Crippen molar-refractivity contribution in [1.29, 1.82) is 0 Å². The lowest BCUT2D eigenvalue weighted by Crippen LogP contribution is -2.24. The Balaban J connectivity index is 2.02. The van der Waals surface area contributed by atoms with E-state index < -0.39 is 0 Å². The van der Waals surface area contributed by atoms with Crippen LogP contribution in [-0.4, -0.2) is 13.4 Å². The van der Waals surface area contributed by atoms with Crippen molar-refractivity contribution in [3.05, 3.63) is 52.0 Å². The highest BCUT2D eigenvalue weighted by molar-refractivity contribution is 9.10. The molecular weight excluding hydrogens is 316 g/mol. The van der Waals surface area contributed by atoms with E-state index in [1.807, 2.05) is 30.6 Å². The summed E-state index contributed by atoms with van der Waals surface area (Å²) in [5.74, 6) is 0.886. The molecule has 0 N–H and O–H groups in total. The molecule has 0 fully saturated rings. The summed E-state index contributed by atoms with van der Waals surface area (Å²) in [4.78, 5) is 6.68. The van der Waals surface area contributed by atoms with E-state index in [1.54, 1.807) is 7.11 Å². The Hall–Kier alpha value is -1.81. The van der Waals surface area contributed by atoms with Crippen LogP contribution in [0, 0.1) is 6.92 Å². The maximum atomic E-state index is 5.44. The molecule has 4 heteroatoms. The van der Waals surface area contributed by atoms with E-state index in [1.165, 1.54) is 5.56 Å². The van der Waals surface area contributed by atoms with Gasteiger partial charge in [0, 0.05) is 15.7 Å². The van der Waals surface area contributed by atoms with Crippen LogP contribution in [0.1, 0.15) is 11.1 Å². The Labute approximate surface area is 127 Å². The molecule has 0 aliphatic carbocycles. The van der Waals surface area contributed by atoms with Gasteiger partial charge in [-0.25, -0.2) is 4.99 Å². The number of benzene rings is 2. The number of methoxy groups -OCH3 is 1. The van der Waals surface area contributed by atoms with Crippen LogP contribution in [0.25, 0.3) is 0 Å². The molecule has 102 valence electrons. The van der Waals surface area contributed by atoms with Crippen LogP contribution in [-0.2, 0) is 6.54 Å². The first-order valence-electron chi connectivity index (χ1n) is 6.42. The number of rotatable bonds is 2. The van der Waals surface area contributed by atoms with E-state index in [2.05, 4.69) is 44.9 Å². The molecule has 2 aromatic carbocycles. The Morgan fingerprint density at radius 2 is 2.00 bits per heavy atom. The van der Waals surface area contributed by atoms with Gasteiger partial charge >= 0.3 is 0 Å². The molecule has 0 spiro atoms. The minimum Gasteiger partial charge on any atom is -0.496 e. The van der Waals surface area contributed by atoms with Crippen LogP contribution in [0.4, 0.5) is 11.4 Å². The largest absolute Gasteiger partial charge is 0.496 e. The van der Waals surface area contributed by atoms with Crippen molar-refractivity contribution < 1.29 is 4.74 Å². The molecule has 0 saturated carbocycles. The number of ether oxygens (including phenoxy) is 1. The zero-order valence-electron chi connectivity index (χ0n) is 11.4. The summed E-state index contributed by atoms with van der Waals surface area (Å²) in [6.07, 6.45) is 1.89. The fourth-order valence-electron chi connectivity index (χ4n) is 2.42. The summed E-state index contributed by atoms with van der Waals surface area (Å²) in [7, 11) is 1.70. The molecule has 0 saturated heterocycles. The molecule has 0 unspecified atom stereocenters. The first kappa shape index (κ1) is 13.2. The van der Waals surface area contributed by atoms with Crippen LogP contribution in [0.15, 0.2) is 45.9 Å². The topological polar surface area (TPSA) is 24.8 Å². The van der Waals surface area contributed by atoms with Crippen LogP contribution in [0.5, 0.6) is 5.75 Å². The number of halogens is 1. The smallest absolute Gasteiger partial charge is 0.126 e. The van der Waals surface area contributed by atoms with Gasteiger partial charge in [0.15, 0.2) is 0 Å². The van der Waals surface area contributed by atoms with E-state index in [-0.39, 0.29) is 0 Å². The maximum Gasteiger partial charge on any atom is 0.126 e. The highest BCUT2D eigenvalue weighted by Gasteiger charge is 2.18. The van der Waals surface area contributed by atoms with Crippen LogP contribution < -0.4 is 9.64 Å². The summed E-state index contributed by atoms with van der Waals surface area (Å²) in [6.45, 7) is 2.87. The molecule has 0 amide bonds. The molecule has 2 aromatic rings. The van der Waals surface area contributed by atoms with Crippen molar-refractivity contribution in [2.45, 2.75) is 13.5 Å². The number of aliphatic imine (C=N–C) groups is 1. The van der Waals surface area contributed by atoms with Gasteiger partial charge in [0.2, 0.25) is 0 Å². The second-order valence-electron chi connectivity index (χ2n) is 4.71. The average molecular weight is 331 g/mol. The van der Waals surface area contributed by atoms with Gasteiger partial charge < -0.3 is 9.64 Å². The zero-order valence-corrected chi connectivity index (χ0v) is 13.0. The molecule has 0 radical (unpaired) electrons. The molecule has 20 heavy (non-hydrogen) atoms. The Kier molecular flexibility index (Phi) is 3.49. The lowest BCUT2D eigenvalue weighted by Gasteiger charge is -2.27. The standard InChI is InChI=1S/C16H15BrN2O/c1-11-13(17)5-3-7-15(11)19-9-12-14(18-10-19)6-4-8-16(12)20-2/h3-8,10H,9H2,1-2H3. The molecule has 0 bridgehead atoms. The summed E-state index contributed by atoms with van der Waals surface area (Å²) >= 11 is 3.58. The summed E-state index contributed by atoms with van der Waals surface area (Å²) in [6, 6.07) is 12.2. The monoisotopic (exact) mass is 330 g/mol. The van der Waals surface area contributed by atoms with Gasteiger partial charge in [-0.05, 0) is 36.8 Å². The normalized spacial score (nSPS) is 13.2. The van der Waals surface area contributed by atoms with Gasteiger partial charge in [0.1, 0.15) is 5.75 Å². The predicted molar refractivity (Wildman–Crippen MR) is 86.2 cm³/mol. The third kappa shape index (κ3) is 2.20. The number of hydrogen-bond donors (Lipinski definition) is 0. The van der Waals surface area contributed by atoms with Crippen molar-refractivity contribution in [3.8, 4) is 5.75 Å². The van der Waals surface area contributed by atoms with Crippen LogP contribution in [0.3, 0.4) is 0 Å². The summed E-state index contributed by atoms with van der Waals surface area (Å²) < 4.78 is 6.55. The predicted octanol–water partition coefficient (Wildman–Crippen LogP) is 4.45. The zero-order chi connectivity index (χ0) is 14.1. The third-order valence-corrected chi connectivity index (χ3v) is 4.40. The fraction of sp³-hybridized carbons (Fsp3) is 0.188. The molecule has 3 rings (SSSR count). The minimum absolute atomic E-state index is 0.764. The molecule has 1 heterocycles. The average Bonchev–Trinajstić information content (AvgIpc) is 2.49. The van der Waals surface area contributed by atoms with Gasteiger partial charge in [-0.15, -0.1) is 0 Å². The van der Waals surface area contributed by atoms with E-state index in [9.17, 15) is 0 Å². The minimum atomic E-state index is 0.764. The quantitative estimate of drug-likeness (QED) is 0.812. The molecule has 0 atom stereocenters. The van der Waals surface area contributed by atoms with E-state index >= 15 is 0 Å². The molecular formula is C16H15BrN2O. The number of fused-ring (bicyclic) bond motifs is 1. The third-order valence-electron chi connectivity index (χ3n) is 3.54. The van der Waals surface area contributed by atoms with Gasteiger partial charge in [-0.3, -0.25) is 0 Å². The van der Waals surface area contributed by atoms with Gasteiger partial charge in [0.05, 0.1) is 25.7 Å². The lowest BCUT2D eigenvalue weighted by atomic mass is 10.1. The van der Waals surface area contributed by atoms with Gasteiger partial charge in [-0.2, -0.15) is 0 Å². The van der Waals surface area contributed by atoms with Gasteiger partial charge in [0.25, 0.3) is 0 Å². The maximum absolute atomic E-state index is 5.44. The molecule has 1 aliphatic rings. The summed E-state index contributed by atoms with van der Waals surface area (Å²) in [5.41, 5.74) is 4.46. The number of hydrogen-bond acceptors (Lipinski definition) is 3. The lowest BCUT2D eigenvalue weighted by molar-refractivity contribution is 0.410. The van der Waals surface area contributed by atoms with Crippen molar-refractivity contribution in [3.63, 3.8) is 0 Å². The Morgan fingerprint density at radius 1 is 1.20 bits per heavy atom. The van der Waals surface area contributed by atoms with E-state index in [0.29, 0.717) is 0 Å². The number of anilines is 1. The van der Waals surface area contributed by atoms with Crippen molar-refractivity contribution in [2.24, 2.45) is 4.99 Å². The van der Waals surface area contributed by atoms with Gasteiger partial charge in [-0.1, -0.05) is 28.1 Å². The van der Waals surface area contributed by atoms with E-state index in [4.69, 9.17) is 4.74 Å². The first-order chi connectivity index (χ1) is 9.70. The second-order valence-corrected chi connectivity index (χ2v) is 5.57. The molecule has 0 aromatic heterocycles. The highest BCUT2D eigenvalue weighted by atomic mass is 79.9. The number of nitrogens with zero attached hydrogens (tertiary/aromatic N) is 2. The van der Waals surface area contributed by atoms with E-state index in [0.717, 1.165) is 33.7 Å². The van der Waals surface area contributed by atoms with Crippen molar-refractivity contribution in [2.75, 3.05) is 12.0 Å². The highest BCUT2D eigenvalue weighted by Crippen LogP contribution is 2.35. The summed E-state index contributed by atoms with van der Waals surface area (Å²) in [5, 5.41) is 0.